The van der Waals surface area contributed by atoms with Crippen LogP contribution in [0, 0.1) is 5.82 Å². The third kappa shape index (κ3) is 3.97. The van der Waals surface area contributed by atoms with E-state index < -0.39 is 0 Å². The van der Waals surface area contributed by atoms with Gasteiger partial charge in [0.1, 0.15) is 11.6 Å². The molecule has 3 N–H and O–H groups in total. The number of benzene rings is 3. The van der Waals surface area contributed by atoms with Gasteiger partial charge >= 0.3 is 0 Å². The van der Waals surface area contributed by atoms with E-state index >= 15 is 0 Å². The van der Waals surface area contributed by atoms with Crippen molar-refractivity contribution in [3.05, 3.63) is 78.1 Å². The molecule has 0 heterocycles. The highest BCUT2D eigenvalue weighted by molar-refractivity contribution is 7.99. The minimum absolute atomic E-state index is 0.309. The number of anilines is 2. The molecule has 132 valence electrons. The van der Waals surface area contributed by atoms with Crippen molar-refractivity contribution >= 4 is 29.0 Å². The molecule has 3 rings (SSSR count). The number of nitrogen functional groups attached to an aromatic ring is 1. The van der Waals surface area contributed by atoms with Gasteiger partial charge in [-0.1, -0.05) is 30.0 Å². The molecule has 4 nitrogen and oxygen atoms in total. The van der Waals surface area contributed by atoms with Crippen LogP contribution in [0.5, 0.6) is 5.75 Å². The van der Waals surface area contributed by atoms with Crippen LogP contribution in [0.25, 0.3) is 0 Å². The molecule has 0 aliphatic rings. The van der Waals surface area contributed by atoms with Gasteiger partial charge in [-0.15, -0.1) is 0 Å². The van der Waals surface area contributed by atoms with Gasteiger partial charge in [-0.3, -0.25) is 4.79 Å². The number of rotatable bonds is 5. The molecular formula is C20H17FN2O2S. The van der Waals surface area contributed by atoms with Gasteiger partial charge in [0.15, 0.2) is 0 Å². The van der Waals surface area contributed by atoms with Crippen LogP contribution < -0.4 is 15.8 Å². The fourth-order valence-electron chi connectivity index (χ4n) is 2.44. The minimum atomic E-state index is -0.336. The van der Waals surface area contributed by atoms with E-state index in [0.29, 0.717) is 27.6 Å². The van der Waals surface area contributed by atoms with Gasteiger partial charge in [0.2, 0.25) is 0 Å². The Bertz CT molecular complexity index is 929. The Morgan fingerprint density at radius 2 is 1.77 bits per heavy atom. The molecule has 0 aliphatic carbocycles. The van der Waals surface area contributed by atoms with Crippen LogP contribution in [0.2, 0.25) is 0 Å². The zero-order valence-corrected chi connectivity index (χ0v) is 14.8. The predicted molar refractivity (Wildman–Crippen MR) is 102 cm³/mol. The Hall–Kier alpha value is -2.99. The molecule has 0 atom stereocenters. The van der Waals surface area contributed by atoms with Gasteiger partial charge < -0.3 is 15.8 Å². The third-order valence-electron chi connectivity index (χ3n) is 3.68. The van der Waals surface area contributed by atoms with E-state index in [1.807, 2.05) is 12.1 Å². The van der Waals surface area contributed by atoms with Gasteiger partial charge in [-0.2, -0.15) is 0 Å². The standard InChI is InChI=1S/C20H17FN2O2S/c1-25-17-7-3-2-6-16(17)23-20(24)19-15(22)5-4-8-18(19)26-14-11-9-13(21)10-12-14/h2-12H,22H2,1H3,(H,23,24). The SMILES string of the molecule is COc1ccccc1NC(=O)c1c(N)cccc1Sc1ccc(F)cc1. The molecule has 0 aliphatic heterocycles. The number of nitrogens with two attached hydrogens (primary N) is 1. The molecule has 0 unspecified atom stereocenters. The van der Waals surface area contributed by atoms with Gasteiger partial charge in [-0.05, 0) is 48.5 Å². The number of hydrogen-bond donors (Lipinski definition) is 2. The van der Waals surface area contributed by atoms with E-state index in [2.05, 4.69) is 5.32 Å². The lowest BCUT2D eigenvalue weighted by Gasteiger charge is -2.14. The van der Waals surface area contributed by atoms with E-state index in [9.17, 15) is 9.18 Å². The predicted octanol–water partition coefficient (Wildman–Crippen LogP) is 4.82. The molecule has 0 aromatic heterocycles. The zero-order valence-electron chi connectivity index (χ0n) is 14.0. The highest BCUT2D eigenvalue weighted by atomic mass is 32.2. The highest BCUT2D eigenvalue weighted by Crippen LogP contribution is 2.34. The number of ether oxygens (including phenoxy) is 1. The Morgan fingerprint density at radius 1 is 1.04 bits per heavy atom. The Labute approximate surface area is 155 Å². The normalized spacial score (nSPS) is 10.4. The van der Waals surface area contributed by atoms with E-state index in [1.165, 1.54) is 31.0 Å². The topological polar surface area (TPSA) is 64.3 Å². The Morgan fingerprint density at radius 3 is 2.50 bits per heavy atom. The van der Waals surface area contributed by atoms with Crippen LogP contribution in [-0.4, -0.2) is 13.0 Å². The molecule has 6 heteroatoms. The summed E-state index contributed by atoms with van der Waals surface area (Å²) in [6, 6.07) is 18.5. The van der Waals surface area contributed by atoms with Crippen LogP contribution in [-0.2, 0) is 0 Å². The maximum absolute atomic E-state index is 13.1. The summed E-state index contributed by atoms with van der Waals surface area (Å²) in [4.78, 5) is 14.3. The summed E-state index contributed by atoms with van der Waals surface area (Å²) in [5.41, 5.74) is 7.35. The maximum Gasteiger partial charge on any atom is 0.259 e. The van der Waals surface area contributed by atoms with Crippen molar-refractivity contribution in [2.45, 2.75) is 9.79 Å². The number of nitrogens with one attached hydrogen (secondary N) is 1. The fraction of sp³-hybridized carbons (Fsp3) is 0.0500. The highest BCUT2D eigenvalue weighted by Gasteiger charge is 2.17. The van der Waals surface area contributed by atoms with Crippen LogP contribution in [0.4, 0.5) is 15.8 Å². The molecule has 0 spiro atoms. The largest absolute Gasteiger partial charge is 0.495 e. The molecule has 0 saturated heterocycles. The van der Waals surface area contributed by atoms with Gasteiger partial charge in [0.05, 0.1) is 18.4 Å². The summed E-state index contributed by atoms with van der Waals surface area (Å²) in [5.74, 6) is -0.0867. The summed E-state index contributed by atoms with van der Waals surface area (Å²) in [5, 5.41) is 2.84. The summed E-state index contributed by atoms with van der Waals surface area (Å²) in [7, 11) is 1.54. The Kier molecular flexibility index (Phi) is 5.43. The van der Waals surface area contributed by atoms with Crippen LogP contribution >= 0.6 is 11.8 Å². The number of methoxy groups -OCH3 is 1. The van der Waals surface area contributed by atoms with E-state index in [4.69, 9.17) is 10.5 Å². The lowest BCUT2D eigenvalue weighted by molar-refractivity contribution is 0.102. The number of amides is 1. The van der Waals surface area contributed by atoms with Gasteiger partial charge in [-0.25, -0.2) is 4.39 Å². The monoisotopic (exact) mass is 368 g/mol. The lowest BCUT2D eigenvalue weighted by Crippen LogP contribution is -2.15. The van der Waals surface area contributed by atoms with E-state index in [1.54, 1.807) is 42.5 Å². The lowest BCUT2D eigenvalue weighted by atomic mass is 10.1. The number of para-hydroxylation sites is 2. The van der Waals surface area contributed by atoms with Crippen molar-refractivity contribution in [2.24, 2.45) is 0 Å². The van der Waals surface area contributed by atoms with Gasteiger partial charge in [0.25, 0.3) is 5.91 Å². The first-order valence-corrected chi connectivity index (χ1v) is 8.66. The second-order valence-electron chi connectivity index (χ2n) is 5.43. The first-order valence-electron chi connectivity index (χ1n) is 7.85. The van der Waals surface area contributed by atoms with Crippen LogP contribution in [0.15, 0.2) is 76.5 Å². The molecule has 3 aromatic carbocycles. The molecule has 0 bridgehead atoms. The molecule has 0 radical (unpaired) electrons. The average molecular weight is 368 g/mol. The van der Waals surface area contributed by atoms with Gasteiger partial charge in [0, 0.05) is 15.5 Å². The Balaban J connectivity index is 1.91. The second kappa shape index (κ2) is 7.93. The summed E-state index contributed by atoms with van der Waals surface area (Å²) in [6.07, 6.45) is 0. The molecular weight excluding hydrogens is 351 g/mol. The first-order chi connectivity index (χ1) is 12.6. The number of hydrogen-bond acceptors (Lipinski definition) is 4. The molecule has 1 amide bonds. The minimum Gasteiger partial charge on any atom is -0.495 e. The molecule has 3 aromatic rings. The average Bonchev–Trinajstić information content (AvgIpc) is 2.64. The van der Waals surface area contributed by atoms with Crippen LogP contribution in [0.3, 0.4) is 0 Å². The van der Waals surface area contributed by atoms with E-state index in [0.717, 1.165) is 4.90 Å². The summed E-state index contributed by atoms with van der Waals surface area (Å²) in [6.45, 7) is 0. The summed E-state index contributed by atoms with van der Waals surface area (Å²) >= 11 is 1.35. The van der Waals surface area contributed by atoms with Crippen molar-refractivity contribution in [3.8, 4) is 5.75 Å². The van der Waals surface area contributed by atoms with Crippen molar-refractivity contribution in [1.82, 2.24) is 0 Å². The quantitative estimate of drug-likeness (QED) is 0.634. The maximum atomic E-state index is 13.1. The van der Waals surface area contributed by atoms with E-state index in [-0.39, 0.29) is 11.7 Å². The van der Waals surface area contributed by atoms with Crippen LogP contribution in [0.1, 0.15) is 10.4 Å². The third-order valence-corrected chi connectivity index (χ3v) is 4.75. The number of carbonyl (C=O) groups excluding carboxylic acids is 1. The molecule has 0 fully saturated rings. The van der Waals surface area contributed by atoms with Crippen molar-refractivity contribution in [1.29, 1.82) is 0 Å². The number of carbonyl (C=O) groups is 1. The molecule has 26 heavy (non-hydrogen) atoms. The zero-order chi connectivity index (χ0) is 18.5. The number of halogens is 1. The van der Waals surface area contributed by atoms with Crippen molar-refractivity contribution < 1.29 is 13.9 Å². The van der Waals surface area contributed by atoms with Crippen molar-refractivity contribution in [3.63, 3.8) is 0 Å². The fourth-order valence-corrected chi connectivity index (χ4v) is 3.42. The summed E-state index contributed by atoms with van der Waals surface area (Å²) < 4.78 is 18.4. The first kappa shape index (κ1) is 17.8. The smallest absolute Gasteiger partial charge is 0.259 e. The van der Waals surface area contributed by atoms with Crippen molar-refractivity contribution in [2.75, 3.05) is 18.2 Å². The second-order valence-corrected chi connectivity index (χ2v) is 6.55. The molecule has 0 saturated carbocycles.